The van der Waals surface area contributed by atoms with E-state index in [-0.39, 0.29) is 0 Å². The number of allylic oxidation sites excluding steroid dienone is 1. The summed E-state index contributed by atoms with van der Waals surface area (Å²) >= 11 is 0. The smallest absolute Gasteiger partial charge is 0.119 e. The molecule has 4 nitrogen and oxygen atoms in total. The zero-order valence-electron chi connectivity index (χ0n) is 10.3. The van der Waals surface area contributed by atoms with Crippen molar-refractivity contribution in [2.24, 2.45) is 10.2 Å². The molecule has 1 aromatic rings. The molecule has 1 saturated heterocycles. The Hall–Kier alpha value is -1.84. The summed E-state index contributed by atoms with van der Waals surface area (Å²) in [5.41, 5.74) is 2.09. The molecule has 4 heteroatoms. The minimum atomic E-state index is 0.831. The van der Waals surface area contributed by atoms with Gasteiger partial charge in [0.05, 0.1) is 19.0 Å². The molecule has 1 aliphatic heterocycles. The molecule has 0 radical (unpaired) electrons. The topological polar surface area (TPSA) is 37.2 Å². The molecular formula is C13H17N3O. The molecule has 0 atom stereocenters. The van der Waals surface area contributed by atoms with Crippen LogP contribution in [0.4, 0.5) is 5.69 Å². The van der Waals surface area contributed by atoms with Crippen LogP contribution >= 0.6 is 0 Å². The third-order valence-electron chi connectivity index (χ3n) is 2.87. The highest BCUT2D eigenvalue weighted by Gasteiger charge is 2.11. The highest BCUT2D eigenvalue weighted by atomic mass is 16.5. The van der Waals surface area contributed by atoms with Gasteiger partial charge in [-0.2, -0.15) is 10.2 Å². The summed E-state index contributed by atoms with van der Waals surface area (Å²) in [4.78, 5) is 2.22. The van der Waals surface area contributed by atoms with Crippen molar-refractivity contribution >= 4 is 5.69 Å². The number of nitrogens with zero attached hydrogens (tertiary/aromatic N) is 3. The molecule has 0 saturated carbocycles. The SMILES string of the molecule is COc1ccc(N=N/C=C2\CCCN2C)cc1. The number of methoxy groups -OCH3 is 1. The number of ether oxygens (including phenoxy) is 1. The van der Waals surface area contributed by atoms with Gasteiger partial charge in [-0.1, -0.05) is 0 Å². The average Bonchev–Trinajstić information content (AvgIpc) is 2.76. The number of likely N-dealkylation sites (tertiary alicyclic amines) is 1. The highest BCUT2D eigenvalue weighted by molar-refractivity contribution is 5.40. The van der Waals surface area contributed by atoms with Crippen molar-refractivity contribution < 1.29 is 4.74 Å². The fraction of sp³-hybridized carbons (Fsp3) is 0.385. The Balaban J connectivity index is 2.00. The third kappa shape index (κ3) is 3.06. The van der Waals surface area contributed by atoms with Crippen molar-refractivity contribution in [3.63, 3.8) is 0 Å². The molecule has 0 aliphatic carbocycles. The van der Waals surface area contributed by atoms with Gasteiger partial charge in [-0.3, -0.25) is 0 Å². The summed E-state index contributed by atoms with van der Waals surface area (Å²) in [6.45, 7) is 1.11. The lowest BCUT2D eigenvalue weighted by Crippen LogP contribution is -2.09. The van der Waals surface area contributed by atoms with Crippen LogP contribution in [-0.2, 0) is 0 Å². The van der Waals surface area contributed by atoms with Crippen LogP contribution in [0.25, 0.3) is 0 Å². The van der Waals surface area contributed by atoms with Gasteiger partial charge in [-0.15, -0.1) is 0 Å². The third-order valence-corrected chi connectivity index (χ3v) is 2.87. The minimum Gasteiger partial charge on any atom is -0.497 e. The van der Waals surface area contributed by atoms with Gasteiger partial charge in [0, 0.05) is 19.3 Å². The van der Waals surface area contributed by atoms with Crippen molar-refractivity contribution in [1.29, 1.82) is 0 Å². The predicted octanol–water partition coefficient (Wildman–Crippen LogP) is 3.35. The Morgan fingerprint density at radius 2 is 2.06 bits per heavy atom. The Morgan fingerprint density at radius 3 is 2.65 bits per heavy atom. The molecule has 0 N–H and O–H groups in total. The molecule has 0 aromatic heterocycles. The van der Waals surface area contributed by atoms with Crippen molar-refractivity contribution in [1.82, 2.24) is 4.90 Å². The largest absolute Gasteiger partial charge is 0.497 e. The number of azo groups is 1. The van der Waals surface area contributed by atoms with Gasteiger partial charge in [-0.25, -0.2) is 0 Å². The summed E-state index contributed by atoms with van der Waals surface area (Å²) < 4.78 is 5.08. The van der Waals surface area contributed by atoms with Gasteiger partial charge in [0.1, 0.15) is 5.75 Å². The molecule has 0 amide bonds. The second-order valence-electron chi connectivity index (χ2n) is 4.06. The lowest BCUT2D eigenvalue weighted by molar-refractivity contribution is 0.415. The first-order chi connectivity index (χ1) is 8.29. The summed E-state index contributed by atoms with van der Waals surface area (Å²) in [6.07, 6.45) is 4.15. The Kier molecular flexibility index (Phi) is 3.75. The van der Waals surface area contributed by atoms with Crippen LogP contribution in [0, 0.1) is 0 Å². The maximum atomic E-state index is 5.08. The standard InChI is InChI=1S/C13H17N3O/c1-16-9-3-4-12(16)10-14-15-11-5-7-13(17-2)8-6-11/h5-8,10H,3-4,9H2,1-2H3/b12-10+,15-14?. The molecule has 1 fully saturated rings. The monoisotopic (exact) mass is 231 g/mol. The lowest BCUT2D eigenvalue weighted by atomic mass is 10.3. The van der Waals surface area contributed by atoms with Gasteiger partial charge in [0.15, 0.2) is 0 Å². The van der Waals surface area contributed by atoms with E-state index in [2.05, 4.69) is 22.2 Å². The number of hydrogen-bond acceptors (Lipinski definition) is 4. The molecule has 1 aromatic carbocycles. The van der Waals surface area contributed by atoms with Crippen molar-refractivity contribution in [3.05, 3.63) is 36.2 Å². The first kappa shape index (κ1) is 11.6. The van der Waals surface area contributed by atoms with E-state index >= 15 is 0 Å². The zero-order chi connectivity index (χ0) is 12.1. The van der Waals surface area contributed by atoms with E-state index in [0.29, 0.717) is 0 Å². The van der Waals surface area contributed by atoms with Gasteiger partial charge >= 0.3 is 0 Å². The molecule has 1 heterocycles. The van der Waals surface area contributed by atoms with E-state index < -0.39 is 0 Å². The Labute approximate surface area is 102 Å². The van der Waals surface area contributed by atoms with Gasteiger partial charge < -0.3 is 9.64 Å². The Bertz CT molecular complexity index is 423. The predicted molar refractivity (Wildman–Crippen MR) is 67.5 cm³/mol. The van der Waals surface area contributed by atoms with E-state index in [4.69, 9.17) is 4.74 Å². The first-order valence-corrected chi connectivity index (χ1v) is 5.74. The van der Waals surface area contributed by atoms with Crippen LogP contribution in [0.3, 0.4) is 0 Å². The van der Waals surface area contributed by atoms with Crippen molar-refractivity contribution in [2.45, 2.75) is 12.8 Å². The molecule has 0 bridgehead atoms. The molecular weight excluding hydrogens is 214 g/mol. The molecule has 90 valence electrons. The summed E-state index contributed by atoms with van der Waals surface area (Å²) in [7, 11) is 3.73. The molecule has 2 rings (SSSR count). The zero-order valence-corrected chi connectivity index (χ0v) is 10.3. The minimum absolute atomic E-state index is 0.831. The van der Waals surface area contributed by atoms with E-state index in [0.717, 1.165) is 24.4 Å². The van der Waals surface area contributed by atoms with Crippen LogP contribution in [-0.4, -0.2) is 25.6 Å². The van der Waals surface area contributed by atoms with Crippen molar-refractivity contribution in [3.8, 4) is 5.75 Å². The summed E-state index contributed by atoms with van der Waals surface area (Å²) in [6, 6.07) is 7.53. The van der Waals surface area contributed by atoms with Gasteiger partial charge in [0.25, 0.3) is 0 Å². The van der Waals surface area contributed by atoms with Gasteiger partial charge in [0.2, 0.25) is 0 Å². The summed E-state index contributed by atoms with van der Waals surface area (Å²) in [5, 5.41) is 8.26. The molecule has 1 aliphatic rings. The quantitative estimate of drug-likeness (QED) is 0.748. The molecule has 17 heavy (non-hydrogen) atoms. The highest BCUT2D eigenvalue weighted by Crippen LogP contribution is 2.20. The first-order valence-electron chi connectivity index (χ1n) is 5.74. The number of rotatable bonds is 3. The van der Waals surface area contributed by atoms with Crippen LogP contribution in [0.1, 0.15) is 12.8 Å². The normalized spacial score (nSPS) is 18.2. The fourth-order valence-electron chi connectivity index (χ4n) is 1.81. The number of hydrogen-bond donors (Lipinski definition) is 0. The van der Waals surface area contributed by atoms with Crippen LogP contribution in [0.5, 0.6) is 5.75 Å². The van der Waals surface area contributed by atoms with Crippen LogP contribution in [0.15, 0.2) is 46.4 Å². The Morgan fingerprint density at radius 1 is 1.29 bits per heavy atom. The van der Waals surface area contributed by atoms with Crippen molar-refractivity contribution in [2.75, 3.05) is 20.7 Å². The fourth-order valence-corrected chi connectivity index (χ4v) is 1.81. The van der Waals surface area contributed by atoms with E-state index in [1.54, 1.807) is 7.11 Å². The maximum Gasteiger partial charge on any atom is 0.119 e. The van der Waals surface area contributed by atoms with Crippen LogP contribution < -0.4 is 4.74 Å². The average molecular weight is 231 g/mol. The second kappa shape index (κ2) is 5.48. The van der Waals surface area contributed by atoms with E-state index in [1.807, 2.05) is 30.5 Å². The molecule has 0 spiro atoms. The van der Waals surface area contributed by atoms with Gasteiger partial charge in [-0.05, 0) is 37.1 Å². The molecule has 0 unspecified atom stereocenters. The van der Waals surface area contributed by atoms with E-state index in [9.17, 15) is 0 Å². The van der Waals surface area contributed by atoms with Crippen LogP contribution in [0.2, 0.25) is 0 Å². The number of benzene rings is 1. The van der Waals surface area contributed by atoms with E-state index in [1.165, 1.54) is 12.1 Å². The summed E-state index contributed by atoms with van der Waals surface area (Å²) in [5.74, 6) is 0.831. The second-order valence-corrected chi connectivity index (χ2v) is 4.06. The lowest BCUT2D eigenvalue weighted by Gasteiger charge is -2.10. The maximum absolute atomic E-state index is 5.08.